The lowest BCUT2D eigenvalue weighted by Crippen LogP contribution is -2.07. The molecule has 0 radical (unpaired) electrons. The molecule has 0 aromatic carbocycles. The van der Waals surface area contributed by atoms with Gasteiger partial charge in [0.15, 0.2) is 5.65 Å². The Balaban J connectivity index is 2.29. The Bertz CT molecular complexity index is 641. The summed E-state index contributed by atoms with van der Waals surface area (Å²) in [6, 6.07) is 0. The highest BCUT2D eigenvalue weighted by Crippen LogP contribution is 2.34. The molecule has 0 N–H and O–H groups in total. The molecule has 0 saturated heterocycles. The van der Waals surface area contributed by atoms with E-state index in [1.165, 1.54) is 10.1 Å². The zero-order valence-electron chi connectivity index (χ0n) is 10.8. The van der Waals surface area contributed by atoms with Gasteiger partial charge in [-0.3, -0.25) is 0 Å². The molecule has 0 aliphatic heterocycles. The van der Waals surface area contributed by atoms with Crippen LogP contribution in [0, 0.1) is 0 Å². The molecule has 0 bridgehead atoms. The highest BCUT2D eigenvalue weighted by atomic mass is 19.4. The molecule has 2 heterocycles. The van der Waals surface area contributed by atoms with Crippen molar-refractivity contribution in [3.63, 3.8) is 0 Å². The molecule has 0 saturated carbocycles. The third-order valence-electron chi connectivity index (χ3n) is 3.60. The van der Waals surface area contributed by atoms with Crippen LogP contribution in [-0.4, -0.2) is 14.6 Å². The second-order valence-corrected chi connectivity index (χ2v) is 5.25. The van der Waals surface area contributed by atoms with Crippen molar-refractivity contribution < 1.29 is 13.2 Å². The molecule has 19 heavy (non-hydrogen) atoms. The second-order valence-electron chi connectivity index (χ2n) is 5.25. The molecule has 0 unspecified atom stereocenters. The fourth-order valence-corrected chi connectivity index (χ4v) is 2.76. The average Bonchev–Trinajstić information content (AvgIpc) is 2.92. The molecule has 0 atom stereocenters. The van der Waals surface area contributed by atoms with E-state index in [4.69, 9.17) is 0 Å². The van der Waals surface area contributed by atoms with Crippen LogP contribution in [0.3, 0.4) is 0 Å². The van der Waals surface area contributed by atoms with Gasteiger partial charge in [0.1, 0.15) is 0 Å². The highest BCUT2D eigenvalue weighted by molar-refractivity contribution is 5.56. The lowest BCUT2D eigenvalue weighted by molar-refractivity contribution is -0.144. The van der Waals surface area contributed by atoms with Crippen LogP contribution in [0.2, 0.25) is 0 Å². The minimum absolute atomic E-state index is 0.273. The maximum Gasteiger partial charge on any atom is 0.453 e. The summed E-state index contributed by atoms with van der Waals surface area (Å²) in [5, 5.41) is 3.59. The van der Waals surface area contributed by atoms with Gasteiger partial charge in [-0.1, -0.05) is 13.8 Å². The van der Waals surface area contributed by atoms with Gasteiger partial charge in [-0.2, -0.15) is 13.2 Å². The van der Waals surface area contributed by atoms with Crippen LogP contribution in [0.15, 0.2) is 6.20 Å². The summed E-state index contributed by atoms with van der Waals surface area (Å²) >= 11 is 0. The quantitative estimate of drug-likeness (QED) is 0.794. The van der Waals surface area contributed by atoms with Crippen LogP contribution >= 0.6 is 0 Å². The first-order chi connectivity index (χ1) is 8.88. The number of alkyl halides is 3. The van der Waals surface area contributed by atoms with E-state index in [-0.39, 0.29) is 5.92 Å². The Morgan fingerprint density at radius 3 is 2.53 bits per heavy atom. The normalized spacial score (nSPS) is 15.5. The van der Waals surface area contributed by atoms with Gasteiger partial charge >= 0.3 is 6.18 Å². The number of rotatable bonds is 1. The monoisotopic (exact) mass is 269 g/mol. The predicted molar refractivity (Wildman–Crippen MR) is 64.1 cm³/mol. The summed E-state index contributed by atoms with van der Waals surface area (Å²) in [5.41, 5.74) is 3.56. The van der Waals surface area contributed by atoms with Crippen LogP contribution in [0.25, 0.3) is 5.65 Å². The van der Waals surface area contributed by atoms with E-state index in [1.54, 1.807) is 6.20 Å². The minimum Gasteiger partial charge on any atom is -0.220 e. The van der Waals surface area contributed by atoms with Crippen molar-refractivity contribution in [3.8, 4) is 0 Å². The van der Waals surface area contributed by atoms with Crippen LogP contribution in [-0.2, 0) is 19.0 Å². The summed E-state index contributed by atoms with van der Waals surface area (Å²) in [7, 11) is 0. The average molecular weight is 269 g/mol. The Hall–Kier alpha value is -1.59. The molecule has 2 aromatic heterocycles. The number of fused-ring (bicyclic) bond motifs is 3. The third-order valence-corrected chi connectivity index (χ3v) is 3.60. The standard InChI is InChI=1S/C13H14F3N3/c1-7(2)10-6-19-11(9-5-3-4-8(9)10)17-12(18-19)13(14,15)16/h6-7H,3-5H2,1-2H3. The Morgan fingerprint density at radius 1 is 1.21 bits per heavy atom. The van der Waals surface area contributed by atoms with Crippen LogP contribution in [0.5, 0.6) is 0 Å². The van der Waals surface area contributed by atoms with E-state index in [2.05, 4.69) is 10.1 Å². The molecule has 1 aliphatic rings. The fraction of sp³-hybridized carbons (Fsp3) is 0.538. The largest absolute Gasteiger partial charge is 0.453 e. The molecular weight excluding hydrogens is 255 g/mol. The lowest BCUT2D eigenvalue weighted by Gasteiger charge is -2.12. The summed E-state index contributed by atoms with van der Waals surface area (Å²) in [6.07, 6.45) is -0.103. The molecule has 102 valence electrons. The van der Waals surface area contributed by atoms with E-state index in [0.29, 0.717) is 5.65 Å². The third kappa shape index (κ3) is 1.89. The van der Waals surface area contributed by atoms with Crippen molar-refractivity contribution in [2.45, 2.75) is 45.2 Å². The Labute approximate surface area is 108 Å². The van der Waals surface area contributed by atoms with Crippen LogP contribution in [0.4, 0.5) is 13.2 Å². The van der Waals surface area contributed by atoms with Gasteiger partial charge in [-0.15, -0.1) is 5.10 Å². The van der Waals surface area contributed by atoms with E-state index in [9.17, 15) is 13.2 Å². The molecule has 0 spiro atoms. The molecule has 3 rings (SSSR count). The zero-order chi connectivity index (χ0) is 13.8. The molecule has 3 nitrogen and oxygen atoms in total. The van der Waals surface area contributed by atoms with Gasteiger partial charge in [0.05, 0.1) is 0 Å². The number of hydrogen-bond donors (Lipinski definition) is 0. The SMILES string of the molecule is CC(C)c1cn2nc(C(F)(F)F)nc2c2c1CCC2. The summed E-state index contributed by atoms with van der Waals surface area (Å²) in [6.45, 7) is 4.09. The van der Waals surface area contributed by atoms with Gasteiger partial charge in [0, 0.05) is 11.8 Å². The van der Waals surface area contributed by atoms with E-state index in [1.807, 2.05) is 13.8 Å². The first-order valence-electron chi connectivity index (χ1n) is 6.36. The molecule has 0 fully saturated rings. The van der Waals surface area contributed by atoms with Gasteiger partial charge in [0.25, 0.3) is 5.82 Å². The minimum atomic E-state index is -4.49. The lowest BCUT2D eigenvalue weighted by atomic mass is 9.97. The first-order valence-corrected chi connectivity index (χ1v) is 6.36. The Morgan fingerprint density at radius 2 is 1.89 bits per heavy atom. The van der Waals surface area contributed by atoms with Gasteiger partial charge < -0.3 is 0 Å². The van der Waals surface area contributed by atoms with Crippen molar-refractivity contribution in [2.24, 2.45) is 0 Å². The van der Waals surface area contributed by atoms with E-state index >= 15 is 0 Å². The number of aryl methyl sites for hydroxylation is 1. The van der Waals surface area contributed by atoms with E-state index in [0.717, 1.165) is 30.4 Å². The number of pyridine rings is 1. The van der Waals surface area contributed by atoms with Gasteiger partial charge in [-0.25, -0.2) is 9.50 Å². The zero-order valence-corrected chi connectivity index (χ0v) is 10.8. The number of halogens is 3. The fourth-order valence-electron chi connectivity index (χ4n) is 2.76. The first kappa shape index (κ1) is 12.4. The predicted octanol–water partition coefficient (Wildman–Crippen LogP) is 3.36. The highest BCUT2D eigenvalue weighted by Gasteiger charge is 2.37. The van der Waals surface area contributed by atoms with Crippen molar-refractivity contribution in [3.05, 3.63) is 28.7 Å². The molecular formula is C13H14F3N3. The van der Waals surface area contributed by atoms with Crippen molar-refractivity contribution >= 4 is 5.65 Å². The number of hydrogen-bond acceptors (Lipinski definition) is 2. The van der Waals surface area contributed by atoms with Crippen molar-refractivity contribution in [1.29, 1.82) is 0 Å². The molecule has 6 heteroatoms. The van der Waals surface area contributed by atoms with Gasteiger partial charge in [0.2, 0.25) is 0 Å². The van der Waals surface area contributed by atoms with Crippen molar-refractivity contribution in [2.75, 3.05) is 0 Å². The Kier molecular flexibility index (Phi) is 2.59. The van der Waals surface area contributed by atoms with Crippen LogP contribution in [0.1, 0.15) is 48.7 Å². The maximum atomic E-state index is 12.7. The maximum absolute atomic E-state index is 12.7. The molecule has 0 amide bonds. The second kappa shape index (κ2) is 3.95. The van der Waals surface area contributed by atoms with E-state index < -0.39 is 12.0 Å². The van der Waals surface area contributed by atoms with Crippen molar-refractivity contribution in [1.82, 2.24) is 14.6 Å². The number of aromatic nitrogens is 3. The van der Waals surface area contributed by atoms with Crippen LogP contribution < -0.4 is 0 Å². The molecule has 1 aliphatic carbocycles. The van der Waals surface area contributed by atoms with Gasteiger partial charge in [-0.05, 0) is 36.3 Å². The smallest absolute Gasteiger partial charge is 0.220 e. The molecule has 2 aromatic rings. The topological polar surface area (TPSA) is 30.2 Å². The summed E-state index contributed by atoms with van der Waals surface area (Å²) in [4.78, 5) is 3.68. The number of nitrogens with zero attached hydrogens (tertiary/aromatic N) is 3. The summed E-state index contributed by atoms with van der Waals surface area (Å²) in [5.74, 6) is -0.780. The summed E-state index contributed by atoms with van der Waals surface area (Å²) < 4.78 is 39.4.